The minimum atomic E-state index is -0.647. The number of rotatable bonds is 1. The second kappa shape index (κ2) is 3.23. The summed E-state index contributed by atoms with van der Waals surface area (Å²) >= 11 is 0. The third kappa shape index (κ3) is 1.26. The number of carbonyl (C=O) groups is 1. The van der Waals surface area contributed by atoms with Crippen molar-refractivity contribution in [3.05, 3.63) is 0 Å². The van der Waals surface area contributed by atoms with Crippen LogP contribution in [-0.4, -0.2) is 18.6 Å². The predicted molar refractivity (Wildman–Crippen MR) is 53.7 cm³/mol. The molecule has 80 valence electrons. The molecule has 0 radical (unpaired) electrons. The van der Waals surface area contributed by atoms with Gasteiger partial charge in [0.05, 0.1) is 7.11 Å². The molecule has 0 aromatic rings. The van der Waals surface area contributed by atoms with Gasteiger partial charge in [0.25, 0.3) is 0 Å². The lowest BCUT2D eigenvalue weighted by Crippen LogP contribution is -2.40. The normalized spacial score (nSPS) is 35.0. The third-order valence-electron chi connectivity index (χ3n) is 4.05. The lowest BCUT2D eigenvalue weighted by molar-refractivity contribution is -0.144. The maximum Gasteiger partial charge on any atom is 0.326 e. The van der Waals surface area contributed by atoms with E-state index in [1.54, 1.807) is 0 Å². The Bertz CT molecular complexity index is 244. The molecule has 0 heterocycles. The molecule has 3 heteroatoms. The van der Waals surface area contributed by atoms with Gasteiger partial charge < -0.3 is 10.5 Å². The van der Waals surface area contributed by atoms with Crippen LogP contribution >= 0.6 is 0 Å². The molecule has 0 saturated heterocycles. The Balaban J connectivity index is 2.09. The zero-order valence-corrected chi connectivity index (χ0v) is 8.84. The van der Waals surface area contributed by atoms with Crippen molar-refractivity contribution in [3.63, 3.8) is 0 Å². The molecule has 0 bridgehead atoms. The molecule has 0 aliphatic heterocycles. The van der Waals surface area contributed by atoms with Crippen LogP contribution < -0.4 is 5.73 Å². The summed E-state index contributed by atoms with van der Waals surface area (Å²) in [4.78, 5) is 11.5. The summed E-state index contributed by atoms with van der Waals surface area (Å²) in [6.45, 7) is 0. The highest BCUT2D eigenvalue weighted by Crippen LogP contribution is 2.62. The lowest BCUT2D eigenvalue weighted by Gasteiger charge is -2.18. The first-order valence-corrected chi connectivity index (χ1v) is 5.52. The molecule has 0 amide bonds. The summed E-state index contributed by atoms with van der Waals surface area (Å²) in [6, 6.07) is 0. The summed E-state index contributed by atoms with van der Waals surface area (Å²) < 4.78 is 4.78. The molecule has 2 aliphatic rings. The van der Waals surface area contributed by atoms with Gasteiger partial charge in [0, 0.05) is 5.41 Å². The van der Waals surface area contributed by atoms with Crippen LogP contribution in [0.15, 0.2) is 0 Å². The van der Waals surface area contributed by atoms with Gasteiger partial charge in [-0.15, -0.1) is 0 Å². The van der Waals surface area contributed by atoms with Gasteiger partial charge in [-0.1, -0.05) is 25.7 Å². The van der Waals surface area contributed by atoms with E-state index in [-0.39, 0.29) is 11.4 Å². The Morgan fingerprint density at radius 1 is 1.21 bits per heavy atom. The first-order valence-electron chi connectivity index (χ1n) is 5.52. The Kier molecular flexibility index (Phi) is 2.30. The number of hydrogen-bond donors (Lipinski definition) is 1. The Morgan fingerprint density at radius 3 is 2.29 bits per heavy atom. The van der Waals surface area contributed by atoms with Crippen molar-refractivity contribution < 1.29 is 9.53 Å². The quantitative estimate of drug-likeness (QED) is 0.650. The zero-order valence-electron chi connectivity index (χ0n) is 8.84. The van der Waals surface area contributed by atoms with Crippen molar-refractivity contribution in [2.45, 2.75) is 50.5 Å². The minimum Gasteiger partial charge on any atom is -0.468 e. The fourth-order valence-corrected chi connectivity index (χ4v) is 2.99. The van der Waals surface area contributed by atoms with Crippen molar-refractivity contribution in [1.29, 1.82) is 0 Å². The van der Waals surface area contributed by atoms with Crippen molar-refractivity contribution in [2.24, 2.45) is 11.1 Å². The van der Waals surface area contributed by atoms with E-state index in [0.717, 1.165) is 19.3 Å². The highest BCUT2D eigenvalue weighted by Gasteiger charge is 2.69. The zero-order chi connectivity index (χ0) is 10.2. The molecule has 0 aromatic carbocycles. The van der Waals surface area contributed by atoms with Crippen molar-refractivity contribution >= 4 is 5.97 Å². The van der Waals surface area contributed by atoms with Gasteiger partial charge in [-0.05, 0) is 19.3 Å². The molecule has 14 heavy (non-hydrogen) atoms. The first kappa shape index (κ1) is 9.97. The number of nitrogens with two attached hydrogens (primary N) is 1. The van der Waals surface area contributed by atoms with E-state index in [4.69, 9.17) is 10.5 Å². The number of esters is 1. The van der Waals surface area contributed by atoms with Gasteiger partial charge in [0.2, 0.25) is 0 Å². The molecule has 1 spiro atoms. The van der Waals surface area contributed by atoms with Crippen LogP contribution in [0.1, 0.15) is 44.9 Å². The molecular weight excluding hydrogens is 178 g/mol. The monoisotopic (exact) mass is 197 g/mol. The maximum atomic E-state index is 11.5. The van der Waals surface area contributed by atoms with Crippen molar-refractivity contribution in [3.8, 4) is 0 Å². The van der Waals surface area contributed by atoms with E-state index in [0.29, 0.717) is 0 Å². The van der Waals surface area contributed by atoms with Gasteiger partial charge in [0.15, 0.2) is 0 Å². The van der Waals surface area contributed by atoms with E-state index < -0.39 is 5.54 Å². The molecule has 2 saturated carbocycles. The van der Waals surface area contributed by atoms with Gasteiger partial charge in [-0.2, -0.15) is 0 Å². The topological polar surface area (TPSA) is 52.3 Å². The standard InChI is InChI=1S/C11H19NO2/c1-14-9(13)11(12)8-10(11)6-4-2-3-5-7-10/h2-8,12H2,1H3/t11-/m1/s1. The Labute approximate surface area is 85.0 Å². The van der Waals surface area contributed by atoms with Crippen LogP contribution in [-0.2, 0) is 9.53 Å². The fourth-order valence-electron chi connectivity index (χ4n) is 2.99. The van der Waals surface area contributed by atoms with E-state index in [1.807, 2.05) is 0 Å². The Hall–Kier alpha value is -0.570. The molecule has 2 N–H and O–H groups in total. The van der Waals surface area contributed by atoms with Crippen LogP contribution in [0.25, 0.3) is 0 Å². The molecule has 2 aliphatic carbocycles. The lowest BCUT2D eigenvalue weighted by atomic mass is 9.91. The number of methoxy groups -OCH3 is 1. The second-order valence-electron chi connectivity index (χ2n) is 4.83. The van der Waals surface area contributed by atoms with Gasteiger partial charge in [-0.25, -0.2) is 0 Å². The Morgan fingerprint density at radius 2 is 1.79 bits per heavy atom. The van der Waals surface area contributed by atoms with Gasteiger partial charge in [0.1, 0.15) is 5.54 Å². The molecule has 1 atom stereocenters. The highest BCUT2D eigenvalue weighted by molar-refractivity contribution is 5.86. The minimum absolute atomic E-state index is 0.0938. The van der Waals surface area contributed by atoms with Crippen LogP contribution in [0.2, 0.25) is 0 Å². The first-order chi connectivity index (χ1) is 6.65. The van der Waals surface area contributed by atoms with E-state index in [1.165, 1.54) is 32.8 Å². The average molecular weight is 197 g/mol. The third-order valence-corrected chi connectivity index (χ3v) is 4.05. The van der Waals surface area contributed by atoms with E-state index in [9.17, 15) is 4.79 Å². The van der Waals surface area contributed by atoms with E-state index in [2.05, 4.69) is 0 Å². The van der Waals surface area contributed by atoms with Crippen LogP contribution in [0.5, 0.6) is 0 Å². The summed E-state index contributed by atoms with van der Waals surface area (Å²) in [5, 5.41) is 0. The number of hydrogen-bond acceptors (Lipinski definition) is 3. The summed E-state index contributed by atoms with van der Waals surface area (Å²) in [7, 11) is 1.43. The second-order valence-corrected chi connectivity index (χ2v) is 4.83. The van der Waals surface area contributed by atoms with Crippen LogP contribution in [0, 0.1) is 5.41 Å². The van der Waals surface area contributed by atoms with Crippen molar-refractivity contribution in [1.82, 2.24) is 0 Å². The molecule has 2 fully saturated rings. The molecular formula is C11H19NO2. The molecule has 2 rings (SSSR count). The molecule has 3 nitrogen and oxygen atoms in total. The number of carbonyl (C=O) groups excluding carboxylic acids is 1. The summed E-state index contributed by atoms with van der Waals surface area (Å²) in [5.41, 5.74) is 5.55. The summed E-state index contributed by atoms with van der Waals surface area (Å²) in [6.07, 6.45) is 8.08. The highest BCUT2D eigenvalue weighted by atomic mass is 16.5. The predicted octanol–water partition coefficient (Wildman–Crippen LogP) is 1.60. The van der Waals surface area contributed by atoms with Crippen LogP contribution in [0.4, 0.5) is 0 Å². The summed E-state index contributed by atoms with van der Waals surface area (Å²) in [5.74, 6) is -0.209. The molecule has 0 aromatic heterocycles. The van der Waals surface area contributed by atoms with Gasteiger partial charge >= 0.3 is 5.97 Å². The van der Waals surface area contributed by atoms with Crippen molar-refractivity contribution in [2.75, 3.05) is 7.11 Å². The average Bonchev–Trinajstić information content (AvgIpc) is 2.86. The fraction of sp³-hybridized carbons (Fsp3) is 0.909. The largest absolute Gasteiger partial charge is 0.468 e. The van der Waals surface area contributed by atoms with Crippen LogP contribution in [0.3, 0.4) is 0 Å². The SMILES string of the molecule is COC(=O)[C@]1(N)CC12CCCCCC2. The molecule has 0 unspecified atom stereocenters. The smallest absolute Gasteiger partial charge is 0.326 e. The van der Waals surface area contributed by atoms with E-state index >= 15 is 0 Å². The number of ether oxygens (including phenoxy) is 1. The van der Waals surface area contributed by atoms with Gasteiger partial charge in [-0.3, -0.25) is 4.79 Å². The maximum absolute atomic E-state index is 11.5.